The molecule has 3 aromatic heterocycles. The molecule has 0 unspecified atom stereocenters. The van der Waals surface area contributed by atoms with Crippen LogP contribution in [0.3, 0.4) is 0 Å². The van der Waals surface area contributed by atoms with Crippen LogP contribution < -0.4 is 0 Å². The molecule has 6 rings (SSSR count). The molecule has 35 heavy (non-hydrogen) atoms. The average molecular weight is 647 g/mol. The van der Waals surface area contributed by atoms with Crippen LogP contribution in [0.1, 0.15) is 22.8 Å². The maximum atomic E-state index is 11.1. The first-order valence-corrected chi connectivity index (χ1v) is 10.5. The van der Waals surface area contributed by atoms with Crippen LogP contribution in [-0.2, 0) is 22.4 Å². The SMILES string of the molecule is OC1=Cc2cc3ccc(cc4nc(cc5c(-c6ccccc6)c(O)c(c(O)c1n2)n5O)C=C4)[nH]3.[Au]. The molecule has 8 nitrogen and oxygen atoms in total. The number of nitrogens with one attached hydrogen (secondary N) is 1. The molecule has 177 valence electrons. The Balaban J connectivity index is 0.00000253. The molecule has 1 radical (unpaired) electrons. The van der Waals surface area contributed by atoms with E-state index in [1.807, 2.05) is 30.3 Å². The van der Waals surface area contributed by atoms with Crippen molar-refractivity contribution in [3.8, 4) is 22.6 Å². The summed E-state index contributed by atoms with van der Waals surface area (Å²) in [6.45, 7) is 0. The van der Waals surface area contributed by atoms with Crippen molar-refractivity contribution in [1.82, 2.24) is 19.7 Å². The number of rotatable bonds is 1. The van der Waals surface area contributed by atoms with Crippen LogP contribution in [0.25, 0.3) is 57.2 Å². The Morgan fingerprint density at radius 1 is 0.743 bits per heavy atom. The summed E-state index contributed by atoms with van der Waals surface area (Å²) in [6, 6.07) is 17.9. The van der Waals surface area contributed by atoms with E-state index in [1.54, 1.807) is 42.5 Å². The molecule has 2 aliphatic heterocycles. The molecule has 5 heterocycles. The predicted octanol–water partition coefficient (Wildman–Crippen LogP) is 5.33. The van der Waals surface area contributed by atoms with Gasteiger partial charge in [-0.3, -0.25) is 0 Å². The van der Waals surface area contributed by atoms with Crippen molar-refractivity contribution in [3.63, 3.8) is 0 Å². The fourth-order valence-electron chi connectivity index (χ4n) is 4.20. The minimum atomic E-state index is -0.572. The Bertz CT molecular complexity index is 1700. The van der Waals surface area contributed by atoms with Gasteiger partial charge in [0.05, 0.1) is 28.2 Å². The molecule has 2 aliphatic rings. The summed E-state index contributed by atoms with van der Waals surface area (Å²) in [5, 5.41) is 43.7. The zero-order valence-electron chi connectivity index (χ0n) is 17.9. The third kappa shape index (κ3) is 3.79. The van der Waals surface area contributed by atoms with E-state index in [0.29, 0.717) is 32.9 Å². The third-order valence-electron chi connectivity index (χ3n) is 5.74. The van der Waals surface area contributed by atoms with Crippen molar-refractivity contribution >= 4 is 46.1 Å². The molecule has 0 saturated heterocycles. The van der Waals surface area contributed by atoms with E-state index < -0.39 is 5.75 Å². The molecule has 1 aromatic carbocycles. The quantitative estimate of drug-likeness (QED) is 0.124. The average Bonchev–Trinajstić information content (AvgIpc) is 3.58. The summed E-state index contributed by atoms with van der Waals surface area (Å²) in [4.78, 5) is 12.1. The smallest absolute Gasteiger partial charge is 0.176 e. The van der Waals surface area contributed by atoms with Crippen molar-refractivity contribution in [2.24, 2.45) is 0 Å². The Hall–Kier alpha value is -4.24. The van der Waals surface area contributed by atoms with Crippen molar-refractivity contribution in [2.45, 2.75) is 0 Å². The number of fused-ring (bicyclic) bond motifs is 8. The van der Waals surface area contributed by atoms with Crippen LogP contribution in [-0.4, -0.2) is 40.2 Å². The standard InChI is InChI=1S/C26H18N4O4.Au/c31-21-13-19-11-17-7-6-15(27-17)10-16-8-9-18(28-16)12-20-22(14-4-2-1-3-5-14)25(32)24(30(20)34)26(33)23(21)29-19;/h1-13,27,31-34H;. The summed E-state index contributed by atoms with van der Waals surface area (Å²) in [6.07, 6.45) is 5.03. The minimum Gasteiger partial charge on any atom is -0.505 e. The zero-order valence-corrected chi connectivity index (χ0v) is 20.1. The number of aromatic amines is 1. The number of hydrogen-bond donors (Lipinski definition) is 5. The third-order valence-corrected chi connectivity index (χ3v) is 5.74. The van der Waals surface area contributed by atoms with Crippen molar-refractivity contribution in [2.75, 3.05) is 0 Å². The van der Waals surface area contributed by atoms with E-state index in [-0.39, 0.29) is 50.6 Å². The summed E-state index contributed by atoms with van der Waals surface area (Å²) < 4.78 is 0.685. The Morgan fingerprint density at radius 2 is 1.40 bits per heavy atom. The second-order valence-corrected chi connectivity index (χ2v) is 8.00. The summed E-state index contributed by atoms with van der Waals surface area (Å²) >= 11 is 0. The maximum absolute atomic E-state index is 11.1. The van der Waals surface area contributed by atoms with E-state index in [0.717, 1.165) is 11.0 Å². The Labute approximate surface area is 214 Å². The van der Waals surface area contributed by atoms with Crippen LogP contribution in [0, 0.1) is 0 Å². The molecule has 0 atom stereocenters. The largest absolute Gasteiger partial charge is 0.505 e. The van der Waals surface area contributed by atoms with Gasteiger partial charge in [0.1, 0.15) is 11.5 Å². The number of aliphatic hydroxyl groups excluding tert-OH is 1. The number of aromatic nitrogens is 4. The summed E-state index contributed by atoms with van der Waals surface area (Å²) in [7, 11) is 0. The molecule has 9 heteroatoms. The molecule has 0 spiro atoms. The van der Waals surface area contributed by atoms with Crippen LogP contribution >= 0.6 is 0 Å². The zero-order chi connectivity index (χ0) is 23.4. The molecular weight excluding hydrogens is 629 g/mol. The van der Waals surface area contributed by atoms with E-state index in [9.17, 15) is 20.5 Å². The summed E-state index contributed by atoms with van der Waals surface area (Å²) in [5.74, 6) is -1.22. The van der Waals surface area contributed by atoms with Crippen LogP contribution in [0.4, 0.5) is 0 Å². The molecule has 0 aliphatic carbocycles. The predicted molar refractivity (Wildman–Crippen MR) is 130 cm³/mol. The van der Waals surface area contributed by atoms with Gasteiger partial charge in [0.15, 0.2) is 17.0 Å². The number of benzene rings is 1. The molecule has 0 fully saturated rings. The second kappa shape index (κ2) is 8.52. The van der Waals surface area contributed by atoms with Crippen LogP contribution in [0.5, 0.6) is 11.5 Å². The van der Waals surface area contributed by atoms with E-state index in [2.05, 4.69) is 15.0 Å². The van der Waals surface area contributed by atoms with Gasteiger partial charge in [-0.05, 0) is 48.0 Å². The van der Waals surface area contributed by atoms with Crippen molar-refractivity contribution in [3.05, 3.63) is 83.4 Å². The number of aliphatic hydroxyl groups is 1. The summed E-state index contributed by atoms with van der Waals surface area (Å²) in [5.41, 5.74) is 3.87. The first-order valence-electron chi connectivity index (χ1n) is 10.5. The fourth-order valence-corrected chi connectivity index (χ4v) is 4.20. The first-order chi connectivity index (χ1) is 16.5. The first kappa shape index (κ1) is 22.5. The van der Waals surface area contributed by atoms with E-state index in [4.69, 9.17) is 0 Å². The number of H-pyrrole nitrogens is 1. The monoisotopic (exact) mass is 647 g/mol. The van der Waals surface area contributed by atoms with Gasteiger partial charge in [-0.15, -0.1) is 0 Å². The topological polar surface area (TPSA) is 127 Å². The van der Waals surface area contributed by atoms with E-state index in [1.165, 1.54) is 6.08 Å². The maximum Gasteiger partial charge on any atom is 0.176 e. The molecule has 5 N–H and O–H groups in total. The number of nitrogens with zero attached hydrogens (tertiary/aromatic N) is 3. The van der Waals surface area contributed by atoms with Gasteiger partial charge in [-0.2, -0.15) is 4.73 Å². The van der Waals surface area contributed by atoms with Crippen molar-refractivity contribution in [1.29, 1.82) is 0 Å². The van der Waals surface area contributed by atoms with Gasteiger partial charge in [0, 0.05) is 39.5 Å². The second-order valence-electron chi connectivity index (χ2n) is 8.00. The Kier molecular flexibility index (Phi) is 5.49. The van der Waals surface area contributed by atoms with Gasteiger partial charge >= 0.3 is 0 Å². The number of aromatic hydroxyl groups is 2. The molecular formula is C26H18AuN4O4. The fraction of sp³-hybridized carbons (Fsp3) is 0. The molecule has 0 saturated carbocycles. The molecule has 8 bridgehead atoms. The van der Waals surface area contributed by atoms with Gasteiger partial charge in [0.2, 0.25) is 0 Å². The van der Waals surface area contributed by atoms with Gasteiger partial charge in [-0.1, -0.05) is 30.3 Å². The van der Waals surface area contributed by atoms with Gasteiger partial charge in [-0.25, -0.2) is 9.97 Å². The van der Waals surface area contributed by atoms with Gasteiger partial charge in [0.25, 0.3) is 0 Å². The normalized spacial score (nSPS) is 12.3. The molecule has 0 amide bonds. The van der Waals surface area contributed by atoms with Crippen molar-refractivity contribution < 1.29 is 42.9 Å². The molecule has 4 aromatic rings. The Morgan fingerprint density at radius 3 is 2.11 bits per heavy atom. The number of hydrogen-bond acceptors (Lipinski definition) is 6. The van der Waals surface area contributed by atoms with Crippen LogP contribution in [0.2, 0.25) is 0 Å². The van der Waals surface area contributed by atoms with Gasteiger partial charge < -0.3 is 25.5 Å². The van der Waals surface area contributed by atoms with Crippen LogP contribution in [0.15, 0.2) is 60.7 Å². The van der Waals surface area contributed by atoms with E-state index >= 15 is 0 Å². The minimum absolute atomic E-state index is 0.